The predicted octanol–water partition coefficient (Wildman–Crippen LogP) is 1.88. The van der Waals surface area contributed by atoms with Crippen LogP contribution in [0.2, 0.25) is 0 Å². The number of carbonyl (C=O) groups excluding carboxylic acids is 1. The zero-order chi connectivity index (χ0) is 15.8. The van der Waals surface area contributed by atoms with Gasteiger partial charge in [-0.1, -0.05) is 12.1 Å². The van der Waals surface area contributed by atoms with Crippen LogP contribution in [0.3, 0.4) is 0 Å². The summed E-state index contributed by atoms with van der Waals surface area (Å²) in [5.74, 6) is 0.516. The Kier molecular flexibility index (Phi) is 6.36. The van der Waals surface area contributed by atoms with E-state index in [1.165, 1.54) is 6.08 Å². The van der Waals surface area contributed by atoms with Crippen LogP contribution >= 0.6 is 12.2 Å². The quantitative estimate of drug-likeness (QED) is 0.641. The van der Waals surface area contributed by atoms with Crippen molar-refractivity contribution in [3.63, 3.8) is 0 Å². The van der Waals surface area contributed by atoms with E-state index >= 15 is 0 Å². The molecule has 22 heavy (non-hydrogen) atoms. The van der Waals surface area contributed by atoms with Crippen molar-refractivity contribution in [3.05, 3.63) is 35.9 Å². The van der Waals surface area contributed by atoms with Crippen molar-refractivity contribution < 1.29 is 14.3 Å². The summed E-state index contributed by atoms with van der Waals surface area (Å²) in [7, 11) is 1.61. The van der Waals surface area contributed by atoms with Gasteiger partial charge in [0.25, 0.3) is 0 Å². The second-order valence-corrected chi connectivity index (χ2v) is 5.35. The average molecular weight is 320 g/mol. The first-order valence-corrected chi connectivity index (χ1v) is 7.61. The number of ether oxygens (including phenoxy) is 2. The zero-order valence-electron chi connectivity index (χ0n) is 12.5. The number of hydrogen-bond donors (Lipinski definition) is 2. The highest BCUT2D eigenvalue weighted by Gasteiger charge is 2.15. The highest BCUT2D eigenvalue weighted by Crippen LogP contribution is 2.12. The third kappa shape index (κ3) is 5.46. The monoisotopic (exact) mass is 320 g/mol. The van der Waals surface area contributed by atoms with E-state index in [2.05, 4.69) is 10.6 Å². The molecule has 0 aliphatic carbocycles. The van der Waals surface area contributed by atoms with E-state index in [1.807, 2.05) is 24.3 Å². The van der Waals surface area contributed by atoms with Gasteiger partial charge >= 0.3 is 0 Å². The summed E-state index contributed by atoms with van der Waals surface area (Å²) in [4.78, 5) is 11.8. The average Bonchev–Trinajstić information content (AvgIpc) is 3.05. The van der Waals surface area contributed by atoms with E-state index < -0.39 is 0 Å². The summed E-state index contributed by atoms with van der Waals surface area (Å²) >= 11 is 5.08. The van der Waals surface area contributed by atoms with Gasteiger partial charge in [-0.3, -0.25) is 10.1 Å². The second kappa shape index (κ2) is 8.51. The molecular formula is C16H20N2O3S. The van der Waals surface area contributed by atoms with Gasteiger partial charge < -0.3 is 14.8 Å². The van der Waals surface area contributed by atoms with Crippen molar-refractivity contribution in [1.29, 1.82) is 0 Å². The SMILES string of the molecule is COc1ccc(/C=C/C(=O)NC(=S)NC[C@H]2CCCO2)cc1. The maximum atomic E-state index is 11.8. The number of carbonyl (C=O) groups is 1. The summed E-state index contributed by atoms with van der Waals surface area (Å²) in [6.07, 6.45) is 5.46. The summed E-state index contributed by atoms with van der Waals surface area (Å²) in [5.41, 5.74) is 0.911. The number of thiocarbonyl (C=S) groups is 1. The Bertz CT molecular complexity index is 537. The summed E-state index contributed by atoms with van der Waals surface area (Å²) in [6, 6.07) is 7.42. The molecule has 6 heteroatoms. The molecule has 1 amide bonds. The van der Waals surface area contributed by atoms with E-state index in [9.17, 15) is 4.79 Å². The first-order valence-electron chi connectivity index (χ1n) is 7.20. The third-order valence-electron chi connectivity index (χ3n) is 3.29. The number of nitrogens with one attached hydrogen (secondary N) is 2. The molecule has 1 aromatic rings. The Balaban J connectivity index is 1.73. The Hall–Kier alpha value is -1.92. The molecule has 0 unspecified atom stereocenters. The topological polar surface area (TPSA) is 59.6 Å². The molecule has 0 radical (unpaired) electrons. The summed E-state index contributed by atoms with van der Waals surface area (Å²) in [6.45, 7) is 1.43. The molecule has 0 saturated carbocycles. The van der Waals surface area contributed by atoms with E-state index in [0.29, 0.717) is 11.7 Å². The van der Waals surface area contributed by atoms with Crippen molar-refractivity contribution in [1.82, 2.24) is 10.6 Å². The normalized spacial score (nSPS) is 17.4. The lowest BCUT2D eigenvalue weighted by Crippen LogP contribution is -2.41. The molecule has 1 saturated heterocycles. The van der Waals surface area contributed by atoms with Crippen LogP contribution in [-0.4, -0.2) is 37.4 Å². The summed E-state index contributed by atoms with van der Waals surface area (Å²) in [5, 5.41) is 5.92. The largest absolute Gasteiger partial charge is 0.497 e. The molecule has 1 fully saturated rings. The highest BCUT2D eigenvalue weighted by molar-refractivity contribution is 7.80. The van der Waals surface area contributed by atoms with Crippen molar-refractivity contribution in [3.8, 4) is 5.75 Å². The number of hydrogen-bond acceptors (Lipinski definition) is 4. The number of benzene rings is 1. The molecule has 1 aromatic carbocycles. The van der Waals surface area contributed by atoms with Crippen LogP contribution in [0.15, 0.2) is 30.3 Å². The molecule has 2 rings (SSSR count). The lowest BCUT2D eigenvalue weighted by Gasteiger charge is -2.12. The molecule has 1 aliphatic rings. The van der Waals surface area contributed by atoms with Gasteiger partial charge in [0.2, 0.25) is 5.91 Å². The van der Waals surface area contributed by atoms with E-state index in [0.717, 1.165) is 30.8 Å². The summed E-state index contributed by atoms with van der Waals surface area (Å²) < 4.78 is 10.6. The Morgan fingerprint density at radius 2 is 2.23 bits per heavy atom. The van der Waals surface area contributed by atoms with Gasteiger partial charge in [-0.05, 0) is 48.8 Å². The Labute approximate surface area is 135 Å². The van der Waals surface area contributed by atoms with Gasteiger partial charge in [-0.2, -0.15) is 0 Å². The molecule has 5 nitrogen and oxygen atoms in total. The molecule has 1 atom stereocenters. The van der Waals surface area contributed by atoms with Crippen LogP contribution in [0.5, 0.6) is 5.75 Å². The van der Waals surface area contributed by atoms with Crippen LogP contribution in [0.4, 0.5) is 0 Å². The van der Waals surface area contributed by atoms with Crippen LogP contribution < -0.4 is 15.4 Å². The zero-order valence-corrected chi connectivity index (χ0v) is 13.3. The standard InChI is InChI=1S/C16H20N2O3S/c1-20-13-7-4-12(5-8-13)6-9-15(19)18-16(22)17-11-14-3-2-10-21-14/h4-9,14H,2-3,10-11H2,1H3,(H2,17,18,19,22)/b9-6+/t14-/m1/s1. The second-order valence-electron chi connectivity index (χ2n) is 4.94. The number of methoxy groups -OCH3 is 1. The van der Waals surface area contributed by atoms with Crippen LogP contribution in [0.1, 0.15) is 18.4 Å². The molecule has 118 valence electrons. The smallest absolute Gasteiger partial charge is 0.250 e. The molecule has 1 aliphatic heterocycles. The van der Waals surface area contributed by atoms with Crippen molar-refractivity contribution in [2.45, 2.75) is 18.9 Å². The minimum atomic E-state index is -0.263. The fourth-order valence-electron chi connectivity index (χ4n) is 2.10. The van der Waals surface area contributed by atoms with Crippen LogP contribution in [-0.2, 0) is 9.53 Å². The fourth-order valence-corrected chi connectivity index (χ4v) is 2.28. The minimum Gasteiger partial charge on any atom is -0.497 e. The molecular weight excluding hydrogens is 300 g/mol. The van der Waals surface area contributed by atoms with E-state index in [4.69, 9.17) is 21.7 Å². The molecule has 2 N–H and O–H groups in total. The lowest BCUT2D eigenvalue weighted by molar-refractivity contribution is -0.115. The Morgan fingerprint density at radius 3 is 2.86 bits per heavy atom. The third-order valence-corrected chi connectivity index (χ3v) is 3.54. The molecule has 0 bridgehead atoms. The van der Waals surface area contributed by atoms with E-state index in [1.54, 1.807) is 13.2 Å². The van der Waals surface area contributed by atoms with Gasteiger partial charge in [0, 0.05) is 19.2 Å². The van der Waals surface area contributed by atoms with Crippen LogP contribution in [0, 0.1) is 0 Å². The molecule has 1 heterocycles. The minimum absolute atomic E-state index is 0.185. The molecule has 0 spiro atoms. The van der Waals surface area contributed by atoms with E-state index in [-0.39, 0.29) is 12.0 Å². The first kappa shape index (κ1) is 16.5. The predicted molar refractivity (Wildman–Crippen MR) is 89.7 cm³/mol. The van der Waals surface area contributed by atoms with Gasteiger partial charge in [0.1, 0.15) is 5.75 Å². The maximum absolute atomic E-state index is 11.8. The van der Waals surface area contributed by atoms with Crippen LogP contribution in [0.25, 0.3) is 6.08 Å². The maximum Gasteiger partial charge on any atom is 0.250 e. The van der Waals surface area contributed by atoms with Gasteiger partial charge in [0.15, 0.2) is 5.11 Å². The number of rotatable bonds is 5. The first-order chi connectivity index (χ1) is 10.7. The van der Waals surface area contributed by atoms with Gasteiger partial charge in [-0.25, -0.2) is 0 Å². The lowest BCUT2D eigenvalue weighted by atomic mass is 10.2. The van der Waals surface area contributed by atoms with Crippen molar-refractivity contribution in [2.24, 2.45) is 0 Å². The fraction of sp³-hybridized carbons (Fsp3) is 0.375. The van der Waals surface area contributed by atoms with Crippen molar-refractivity contribution >= 4 is 29.3 Å². The Morgan fingerprint density at radius 1 is 1.45 bits per heavy atom. The number of amides is 1. The molecule has 0 aromatic heterocycles. The van der Waals surface area contributed by atoms with Gasteiger partial charge in [0.05, 0.1) is 13.2 Å². The van der Waals surface area contributed by atoms with Gasteiger partial charge in [-0.15, -0.1) is 0 Å². The highest BCUT2D eigenvalue weighted by atomic mass is 32.1. The van der Waals surface area contributed by atoms with Crippen molar-refractivity contribution in [2.75, 3.05) is 20.3 Å².